The minimum atomic E-state index is -0.151. The molecule has 21 heavy (non-hydrogen) atoms. The average Bonchev–Trinajstić information content (AvgIpc) is 2.51. The zero-order valence-electron chi connectivity index (χ0n) is 11.9. The lowest BCUT2D eigenvalue weighted by molar-refractivity contribution is 0.620. The third kappa shape index (κ3) is 3.00. The van der Waals surface area contributed by atoms with Gasteiger partial charge >= 0.3 is 0 Å². The van der Waals surface area contributed by atoms with E-state index in [-0.39, 0.29) is 12.2 Å². The van der Waals surface area contributed by atoms with Crippen molar-refractivity contribution in [3.63, 3.8) is 0 Å². The Hall–Kier alpha value is -2.48. The van der Waals surface area contributed by atoms with Crippen LogP contribution in [0.25, 0.3) is 17.0 Å². The van der Waals surface area contributed by atoms with Crippen LogP contribution < -0.4 is 0 Å². The maximum atomic E-state index is 14.3. The number of allylic oxidation sites excluding steroid dienone is 1. The number of aromatic nitrogens is 1. The van der Waals surface area contributed by atoms with Gasteiger partial charge in [0, 0.05) is 18.0 Å². The minimum Gasteiger partial charge on any atom is -0.256 e. The van der Waals surface area contributed by atoms with Crippen molar-refractivity contribution in [2.45, 2.75) is 13.3 Å². The van der Waals surface area contributed by atoms with Crippen molar-refractivity contribution < 1.29 is 4.39 Å². The Morgan fingerprint density at radius 2 is 1.86 bits per heavy atom. The van der Waals surface area contributed by atoms with Gasteiger partial charge in [-0.2, -0.15) is 0 Å². The average molecular weight is 277 g/mol. The fraction of sp³-hybridized carbons (Fsp3) is 0.105. The van der Waals surface area contributed by atoms with E-state index in [1.165, 1.54) is 0 Å². The Morgan fingerprint density at radius 1 is 1.05 bits per heavy atom. The van der Waals surface area contributed by atoms with E-state index in [4.69, 9.17) is 0 Å². The molecular weight excluding hydrogens is 261 g/mol. The van der Waals surface area contributed by atoms with Crippen molar-refractivity contribution in [3.05, 3.63) is 83.3 Å². The van der Waals surface area contributed by atoms with Gasteiger partial charge in [-0.25, -0.2) is 4.39 Å². The first-order valence-corrected chi connectivity index (χ1v) is 6.98. The first kappa shape index (κ1) is 13.5. The molecule has 0 spiro atoms. The highest BCUT2D eigenvalue weighted by Crippen LogP contribution is 2.24. The number of halogens is 1. The van der Waals surface area contributed by atoms with Crippen LogP contribution in [0.2, 0.25) is 0 Å². The molecule has 0 fully saturated rings. The molecule has 2 heteroatoms. The second kappa shape index (κ2) is 5.88. The third-order valence-electron chi connectivity index (χ3n) is 3.58. The molecule has 0 aliphatic rings. The fourth-order valence-corrected chi connectivity index (χ4v) is 2.48. The number of aryl methyl sites for hydroxylation is 1. The van der Waals surface area contributed by atoms with Crippen LogP contribution in [-0.2, 0) is 6.42 Å². The van der Waals surface area contributed by atoms with Crippen molar-refractivity contribution in [1.82, 2.24) is 4.98 Å². The number of fused-ring (bicyclic) bond motifs is 1. The molecule has 104 valence electrons. The van der Waals surface area contributed by atoms with Gasteiger partial charge in [0.05, 0.1) is 5.52 Å². The highest BCUT2D eigenvalue weighted by molar-refractivity contribution is 5.83. The summed E-state index contributed by atoms with van der Waals surface area (Å²) in [6, 6.07) is 17.5. The highest BCUT2D eigenvalue weighted by Gasteiger charge is 2.08. The van der Waals surface area contributed by atoms with Gasteiger partial charge in [0.15, 0.2) is 0 Å². The van der Waals surface area contributed by atoms with Gasteiger partial charge in [-0.15, -0.1) is 0 Å². The summed E-state index contributed by atoms with van der Waals surface area (Å²) in [7, 11) is 0. The Kier molecular flexibility index (Phi) is 3.78. The van der Waals surface area contributed by atoms with E-state index in [2.05, 4.69) is 4.98 Å². The first-order valence-electron chi connectivity index (χ1n) is 6.98. The van der Waals surface area contributed by atoms with Crippen molar-refractivity contribution in [3.8, 4) is 0 Å². The summed E-state index contributed by atoms with van der Waals surface area (Å²) in [4.78, 5) is 4.41. The summed E-state index contributed by atoms with van der Waals surface area (Å²) in [6.07, 6.45) is 3.61. The SMILES string of the molecule is Cc1ccc2cccnc2c1C/C(F)=C/c1ccccc1. The van der Waals surface area contributed by atoms with Gasteiger partial charge in [0.2, 0.25) is 0 Å². The Morgan fingerprint density at radius 3 is 2.67 bits per heavy atom. The lowest BCUT2D eigenvalue weighted by Gasteiger charge is -2.08. The summed E-state index contributed by atoms with van der Waals surface area (Å²) < 4.78 is 14.3. The molecule has 3 aromatic rings. The second-order valence-electron chi connectivity index (χ2n) is 5.11. The molecule has 0 saturated carbocycles. The van der Waals surface area contributed by atoms with E-state index in [1.54, 1.807) is 12.3 Å². The lowest BCUT2D eigenvalue weighted by atomic mass is 10.00. The first-order chi connectivity index (χ1) is 10.2. The summed E-state index contributed by atoms with van der Waals surface area (Å²) in [5, 5.41) is 1.05. The Balaban J connectivity index is 1.98. The molecule has 1 heterocycles. The van der Waals surface area contributed by atoms with Gasteiger partial charge in [0.25, 0.3) is 0 Å². The van der Waals surface area contributed by atoms with E-state index in [0.717, 1.165) is 27.6 Å². The lowest BCUT2D eigenvalue weighted by Crippen LogP contribution is -1.94. The summed E-state index contributed by atoms with van der Waals surface area (Å²) in [5.74, 6) is -0.151. The zero-order chi connectivity index (χ0) is 14.7. The number of pyridine rings is 1. The van der Waals surface area contributed by atoms with Crippen LogP contribution in [0.4, 0.5) is 4.39 Å². The molecule has 0 aliphatic heterocycles. The number of nitrogens with zero attached hydrogens (tertiary/aromatic N) is 1. The topological polar surface area (TPSA) is 12.9 Å². The molecule has 1 aromatic heterocycles. The van der Waals surface area contributed by atoms with Crippen LogP contribution in [0.3, 0.4) is 0 Å². The monoisotopic (exact) mass is 277 g/mol. The van der Waals surface area contributed by atoms with Crippen molar-refractivity contribution >= 4 is 17.0 Å². The third-order valence-corrected chi connectivity index (χ3v) is 3.58. The Bertz CT molecular complexity index is 791. The summed E-state index contributed by atoms with van der Waals surface area (Å²) >= 11 is 0. The molecule has 0 atom stereocenters. The van der Waals surface area contributed by atoms with Crippen LogP contribution in [0.5, 0.6) is 0 Å². The number of hydrogen-bond acceptors (Lipinski definition) is 1. The summed E-state index contributed by atoms with van der Waals surface area (Å²) in [5.41, 5.74) is 3.78. The second-order valence-corrected chi connectivity index (χ2v) is 5.11. The van der Waals surface area contributed by atoms with Crippen LogP contribution in [0, 0.1) is 6.92 Å². The molecule has 1 nitrogen and oxygen atoms in total. The molecule has 0 bridgehead atoms. The van der Waals surface area contributed by atoms with Crippen molar-refractivity contribution in [2.24, 2.45) is 0 Å². The maximum absolute atomic E-state index is 14.3. The van der Waals surface area contributed by atoms with Gasteiger partial charge in [-0.1, -0.05) is 48.5 Å². The minimum absolute atomic E-state index is 0.151. The largest absolute Gasteiger partial charge is 0.256 e. The van der Waals surface area contributed by atoms with E-state index >= 15 is 0 Å². The maximum Gasteiger partial charge on any atom is 0.105 e. The standard InChI is InChI=1S/C19H16FN/c1-14-9-10-16-8-5-11-21-19(16)18(14)13-17(20)12-15-6-3-2-4-7-15/h2-12H,13H2,1H3/b17-12-. The summed E-state index contributed by atoms with van der Waals surface area (Å²) in [6.45, 7) is 2.00. The predicted octanol–water partition coefficient (Wildman–Crippen LogP) is 5.10. The van der Waals surface area contributed by atoms with Gasteiger partial charge in [-0.05, 0) is 35.8 Å². The number of rotatable bonds is 3. The molecule has 0 aliphatic carbocycles. The Labute approximate surface area is 123 Å². The molecular formula is C19H16FN. The van der Waals surface area contributed by atoms with Gasteiger partial charge in [0.1, 0.15) is 5.83 Å². The van der Waals surface area contributed by atoms with Crippen LogP contribution in [-0.4, -0.2) is 4.98 Å². The quantitative estimate of drug-likeness (QED) is 0.649. The molecule has 0 unspecified atom stereocenters. The van der Waals surface area contributed by atoms with E-state index in [0.29, 0.717) is 0 Å². The van der Waals surface area contributed by atoms with Crippen molar-refractivity contribution in [2.75, 3.05) is 0 Å². The van der Waals surface area contributed by atoms with Gasteiger partial charge in [-0.3, -0.25) is 4.98 Å². The number of hydrogen-bond donors (Lipinski definition) is 0. The smallest absolute Gasteiger partial charge is 0.105 e. The van der Waals surface area contributed by atoms with Crippen LogP contribution in [0.15, 0.2) is 66.6 Å². The van der Waals surface area contributed by atoms with Crippen LogP contribution >= 0.6 is 0 Å². The normalized spacial score (nSPS) is 11.8. The molecule has 0 N–H and O–H groups in total. The number of benzene rings is 2. The molecule has 0 radical (unpaired) electrons. The van der Waals surface area contributed by atoms with Gasteiger partial charge < -0.3 is 0 Å². The van der Waals surface area contributed by atoms with Crippen LogP contribution in [0.1, 0.15) is 16.7 Å². The van der Waals surface area contributed by atoms with E-state index in [1.807, 2.05) is 61.5 Å². The zero-order valence-corrected chi connectivity index (χ0v) is 11.9. The highest BCUT2D eigenvalue weighted by atomic mass is 19.1. The fourth-order valence-electron chi connectivity index (χ4n) is 2.48. The molecule has 3 rings (SSSR count). The molecule has 0 amide bonds. The molecule has 0 saturated heterocycles. The predicted molar refractivity (Wildman–Crippen MR) is 85.7 cm³/mol. The van der Waals surface area contributed by atoms with E-state index < -0.39 is 0 Å². The van der Waals surface area contributed by atoms with E-state index in [9.17, 15) is 4.39 Å². The molecule has 2 aromatic carbocycles. The van der Waals surface area contributed by atoms with Crippen molar-refractivity contribution in [1.29, 1.82) is 0 Å².